The van der Waals surface area contributed by atoms with Crippen LogP contribution in [0.15, 0.2) is 73.3 Å². The summed E-state index contributed by atoms with van der Waals surface area (Å²) in [6.07, 6.45) is 5.81. The highest BCUT2D eigenvalue weighted by Crippen LogP contribution is 2.19. The average molecular weight is 237 g/mol. The van der Waals surface area contributed by atoms with Crippen LogP contribution in [0, 0.1) is 0 Å². The lowest BCUT2D eigenvalue weighted by Gasteiger charge is -1.98. The van der Waals surface area contributed by atoms with Crippen LogP contribution in [-0.2, 0) is 0 Å². The van der Waals surface area contributed by atoms with Crippen LogP contribution in [0.25, 0.3) is 11.4 Å². The Bertz CT molecular complexity index is 659. The summed E-state index contributed by atoms with van der Waals surface area (Å²) >= 11 is 0. The van der Waals surface area contributed by atoms with Gasteiger partial charge in [0.25, 0.3) is 6.33 Å². The molecule has 88 valence electrons. The van der Waals surface area contributed by atoms with Gasteiger partial charge in [-0.1, -0.05) is 30.3 Å². The first-order chi connectivity index (χ1) is 8.84. The molecular weight excluding hydrogens is 224 g/mol. The SMILES string of the molecule is Oc1ccccc1-n1cc[n+](-c2ccccc2)c1. The molecule has 0 aliphatic heterocycles. The van der Waals surface area contributed by atoms with E-state index in [0.717, 1.165) is 11.4 Å². The minimum Gasteiger partial charge on any atom is -0.504 e. The fraction of sp³-hybridized carbons (Fsp3) is 0. The lowest BCUT2D eigenvalue weighted by Crippen LogP contribution is -2.27. The maximum Gasteiger partial charge on any atom is 0.254 e. The zero-order valence-electron chi connectivity index (χ0n) is 9.77. The van der Waals surface area contributed by atoms with E-state index in [4.69, 9.17) is 0 Å². The number of benzene rings is 2. The van der Waals surface area contributed by atoms with Gasteiger partial charge in [0.2, 0.25) is 0 Å². The highest BCUT2D eigenvalue weighted by atomic mass is 16.3. The minimum absolute atomic E-state index is 0.272. The van der Waals surface area contributed by atoms with Gasteiger partial charge < -0.3 is 5.11 Å². The van der Waals surface area contributed by atoms with Gasteiger partial charge in [-0.05, 0) is 24.3 Å². The first-order valence-corrected chi connectivity index (χ1v) is 5.77. The molecule has 0 amide bonds. The molecule has 3 rings (SSSR count). The molecule has 0 bridgehead atoms. The van der Waals surface area contributed by atoms with E-state index in [2.05, 4.69) is 0 Å². The molecular formula is C15H13N2O+. The lowest BCUT2D eigenvalue weighted by molar-refractivity contribution is -0.594. The molecule has 1 heterocycles. The summed E-state index contributed by atoms with van der Waals surface area (Å²) in [6.45, 7) is 0. The summed E-state index contributed by atoms with van der Waals surface area (Å²) in [5.41, 5.74) is 1.86. The Labute approximate surface area is 105 Å². The topological polar surface area (TPSA) is 29.0 Å². The van der Waals surface area contributed by atoms with Crippen molar-refractivity contribution in [1.82, 2.24) is 4.57 Å². The number of hydrogen-bond acceptors (Lipinski definition) is 1. The van der Waals surface area contributed by atoms with Crippen LogP contribution >= 0.6 is 0 Å². The van der Waals surface area contributed by atoms with Crippen LogP contribution < -0.4 is 4.57 Å². The molecule has 0 saturated heterocycles. The predicted octanol–water partition coefficient (Wildman–Crippen LogP) is 2.46. The van der Waals surface area contributed by atoms with Crippen LogP contribution in [0.5, 0.6) is 5.75 Å². The Morgan fingerprint density at radius 3 is 2.39 bits per heavy atom. The molecule has 3 nitrogen and oxygen atoms in total. The number of para-hydroxylation sites is 3. The second-order valence-corrected chi connectivity index (χ2v) is 4.05. The number of phenolic OH excluding ortho intramolecular Hbond substituents is 1. The molecule has 2 aromatic carbocycles. The number of aromatic hydroxyl groups is 1. The minimum atomic E-state index is 0.272. The van der Waals surface area contributed by atoms with E-state index in [1.165, 1.54) is 0 Å². The Kier molecular flexibility index (Phi) is 2.57. The fourth-order valence-electron chi connectivity index (χ4n) is 1.93. The van der Waals surface area contributed by atoms with Gasteiger partial charge >= 0.3 is 0 Å². The Balaban J connectivity index is 2.03. The molecule has 0 aliphatic rings. The van der Waals surface area contributed by atoms with Crippen molar-refractivity contribution < 1.29 is 9.67 Å². The number of nitrogens with zero attached hydrogens (tertiary/aromatic N) is 2. The van der Waals surface area contributed by atoms with Crippen LogP contribution in [0.2, 0.25) is 0 Å². The molecule has 1 aromatic heterocycles. The normalized spacial score (nSPS) is 10.4. The maximum atomic E-state index is 9.81. The molecule has 3 aromatic rings. The third-order valence-corrected chi connectivity index (χ3v) is 2.85. The average Bonchev–Trinajstić information content (AvgIpc) is 2.90. The zero-order chi connectivity index (χ0) is 12.4. The van der Waals surface area contributed by atoms with Crippen molar-refractivity contribution in [2.24, 2.45) is 0 Å². The summed E-state index contributed by atoms with van der Waals surface area (Å²) in [6, 6.07) is 17.3. The van der Waals surface area contributed by atoms with E-state index in [1.54, 1.807) is 6.07 Å². The first kappa shape index (κ1) is 10.6. The zero-order valence-corrected chi connectivity index (χ0v) is 9.77. The van der Waals surface area contributed by atoms with Gasteiger partial charge in [-0.15, -0.1) is 0 Å². The molecule has 0 spiro atoms. The summed E-state index contributed by atoms with van der Waals surface area (Å²) in [5.74, 6) is 0.272. The van der Waals surface area contributed by atoms with E-state index >= 15 is 0 Å². The third kappa shape index (κ3) is 1.86. The van der Waals surface area contributed by atoms with Gasteiger partial charge in [-0.2, -0.15) is 4.57 Å². The summed E-state index contributed by atoms with van der Waals surface area (Å²) in [7, 11) is 0. The van der Waals surface area contributed by atoms with E-state index in [0.29, 0.717) is 0 Å². The summed E-state index contributed by atoms with van der Waals surface area (Å²) in [4.78, 5) is 0. The van der Waals surface area contributed by atoms with Gasteiger partial charge in [-0.3, -0.25) is 0 Å². The smallest absolute Gasteiger partial charge is 0.254 e. The van der Waals surface area contributed by atoms with Gasteiger partial charge in [0.15, 0.2) is 11.4 Å². The molecule has 0 saturated carbocycles. The molecule has 0 aliphatic carbocycles. The van der Waals surface area contributed by atoms with E-state index in [-0.39, 0.29) is 5.75 Å². The quantitative estimate of drug-likeness (QED) is 0.681. The number of phenols is 1. The monoisotopic (exact) mass is 237 g/mol. The number of hydrogen-bond donors (Lipinski definition) is 1. The van der Waals surface area contributed by atoms with Crippen molar-refractivity contribution in [1.29, 1.82) is 0 Å². The van der Waals surface area contributed by atoms with Gasteiger partial charge in [-0.25, -0.2) is 4.57 Å². The molecule has 0 atom stereocenters. The molecule has 1 N–H and O–H groups in total. The van der Waals surface area contributed by atoms with Gasteiger partial charge in [0.1, 0.15) is 18.1 Å². The van der Waals surface area contributed by atoms with Crippen molar-refractivity contribution in [3.8, 4) is 17.1 Å². The largest absolute Gasteiger partial charge is 0.504 e. The highest BCUT2D eigenvalue weighted by molar-refractivity contribution is 5.44. The lowest BCUT2D eigenvalue weighted by atomic mass is 10.3. The third-order valence-electron chi connectivity index (χ3n) is 2.85. The molecule has 18 heavy (non-hydrogen) atoms. The summed E-state index contributed by atoms with van der Waals surface area (Å²) < 4.78 is 3.90. The van der Waals surface area contributed by atoms with E-state index < -0.39 is 0 Å². The van der Waals surface area contributed by atoms with Crippen LogP contribution in [0.1, 0.15) is 0 Å². The van der Waals surface area contributed by atoms with E-state index in [1.807, 2.05) is 76.4 Å². The van der Waals surface area contributed by atoms with Crippen molar-refractivity contribution in [2.45, 2.75) is 0 Å². The first-order valence-electron chi connectivity index (χ1n) is 5.77. The predicted molar refractivity (Wildman–Crippen MR) is 69.0 cm³/mol. The second-order valence-electron chi connectivity index (χ2n) is 4.05. The van der Waals surface area contributed by atoms with Crippen LogP contribution in [-0.4, -0.2) is 9.67 Å². The van der Waals surface area contributed by atoms with Crippen LogP contribution in [0.3, 0.4) is 0 Å². The highest BCUT2D eigenvalue weighted by Gasteiger charge is 2.10. The number of imidazole rings is 1. The molecule has 3 heteroatoms. The standard InChI is InChI=1S/C15H12N2O/c18-15-9-5-4-8-14(15)17-11-10-16(12-17)13-6-2-1-3-7-13/h1-12H/p+1. The van der Waals surface area contributed by atoms with Crippen molar-refractivity contribution in [2.75, 3.05) is 0 Å². The Morgan fingerprint density at radius 2 is 1.61 bits per heavy atom. The fourth-order valence-corrected chi connectivity index (χ4v) is 1.93. The van der Waals surface area contributed by atoms with Crippen LogP contribution in [0.4, 0.5) is 0 Å². The molecule has 0 radical (unpaired) electrons. The molecule has 0 fully saturated rings. The van der Waals surface area contributed by atoms with Crippen molar-refractivity contribution >= 4 is 0 Å². The maximum absolute atomic E-state index is 9.81. The molecule has 0 unspecified atom stereocenters. The van der Waals surface area contributed by atoms with Crippen molar-refractivity contribution in [3.05, 3.63) is 73.3 Å². The number of rotatable bonds is 2. The van der Waals surface area contributed by atoms with Gasteiger partial charge in [0.05, 0.1) is 0 Å². The van der Waals surface area contributed by atoms with E-state index in [9.17, 15) is 5.11 Å². The van der Waals surface area contributed by atoms with Crippen molar-refractivity contribution in [3.63, 3.8) is 0 Å². The second kappa shape index (κ2) is 4.37. The summed E-state index contributed by atoms with van der Waals surface area (Å²) in [5, 5.41) is 9.81. The number of aromatic nitrogens is 2. The Hall–Kier alpha value is -2.55. The Morgan fingerprint density at radius 1 is 0.889 bits per heavy atom. The van der Waals surface area contributed by atoms with Gasteiger partial charge in [0, 0.05) is 0 Å².